The maximum absolute atomic E-state index is 12.1. The molecular formula is C15H22ClNO2. The highest BCUT2D eigenvalue weighted by Crippen LogP contribution is 2.25. The zero-order valence-corrected chi connectivity index (χ0v) is 12.7. The van der Waals surface area contributed by atoms with Crippen molar-refractivity contribution in [2.45, 2.75) is 27.2 Å². The summed E-state index contributed by atoms with van der Waals surface area (Å²) in [6.07, 6.45) is 0.520. The van der Waals surface area contributed by atoms with E-state index in [9.17, 15) is 4.79 Å². The number of rotatable bonds is 8. The molecule has 0 spiro atoms. The summed E-state index contributed by atoms with van der Waals surface area (Å²) in [6, 6.07) is 5.23. The van der Waals surface area contributed by atoms with Gasteiger partial charge in [-0.05, 0) is 38.2 Å². The fraction of sp³-hybridized carbons (Fsp3) is 0.533. The molecule has 0 atom stereocenters. The summed E-state index contributed by atoms with van der Waals surface area (Å²) in [4.78, 5) is 14.3. The number of Topliss-reactive ketones (excluding diaryl/α,β-unsaturated/α-hetero) is 1. The summed E-state index contributed by atoms with van der Waals surface area (Å²) in [5.74, 6) is 0.751. The number of ketones is 1. The third-order valence-electron chi connectivity index (χ3n) is 3.10. The van der Waals surface area contributed by atoms with Gasteiger partial charge in [-0.1, -0.05) is 25.4 Å². The van der Waals surface area contributed by atoms with Gasteiger partial charge in [-0.15, -0.1) is 0 Å². The van der Waals surface area contributed by atoms with Crippen LogP contribution in [-0.4, -0.2) is 36.9 Å². The summed E-state index contributed by atoms with van der Waals surface area (Å²) in [7, 11) is 0. The lowest BCUT2D eigenvalue weighted by Gasteiger charge is -2.17. The van der Waals surface area contributed by atoms with Crippen molar-refractivity contribution in [2.75, 3.05) is 26.2 Å². The molecule has 1 aromatic carbocycles. The molecular weight excluding hydrogens is 262 g/mol. The molecule has 0 heterocycles. The molecule has 1 rings (SSSR count). The summed E-state index contributed by atoms with van der Waals surface area (Å²) < 4.78 is 5.35. The Kier molecular flexibility index (Phi) is 6.89. The molecule has 0 bridgehead atoms. The molecule has 0 aliphatic rings. The zero-order chi connectivity index (χ0) is 14.3. The molecule has 0 radical (unpaired) electrons. The molecule has 1 aromatic rings. The summed E-state index contributed by atoms with van der Waals surface area (Å²) in [5.41, 5.74) is 0.653. The Labute approximate surface area is 120 Å². The minimum atomic E-state index is 0.122. The molecule has 0 aliphatic heterocycles. The highest BCUT2D eigenvalue weighted by atomic mass is 35.5. The van der Waals surface area contributed by atoms with Gasteiger partial charge in [0.2, 0.25) is 0 Å². The predicted molar refractivity (Wildman–Crippen MR) is 79.4 cm³/mol. The maximum Gasteiger partial charge on any atom is 0.164 e. The van der Waals surface area contributed by atoms with Crippen molar-refractivity contribution in [1.29, 1.82) is 0 Å². The first-order valence-electron chi connectivity index (χ1n) is 6.80. The summed E-state index contributed by atoms with van der Waals surface area (Å²) in [6.45, 7) is 9.39. The van der Waals surface area contributed by atoms with Gasteiger partial charge < -0.3 is 9.64 Å². The van der Waals surface area contributed by atoms with Crippen molar-refractivity contribution in [3.8, 4) is 5.75 Å². The van der Waals surface area contributed by atoms with E-state index in [0.29, 0.717) is 29.4 Å². The number of benzene rings is 1. The smallest absolute Gasteiger partial charge is 0.164 e. The van der Waals surface area contributed by atoms with Crippen LogP contribution in [0.15, 0.2) is 18.2 Å². The molecule has 4 heteroatoms. The maximum atomic E-state index is 12.1. The molecule has 0 aromatic heterocycles. The standard InChI is InChI=1S/C15H22ClNO2/c1-4-17(5-2)10-9-14(18)12-7-8-15(19-6-3)13(16)11-12/h7-8,11H,4-6,9-10H2,1-3H3. The third-order valence-corrected chi connectivity index (χ3v) is 3.40. The molecule has 0 N–H and O–H groups in total. The van der Waals surface area contributed by atoms with E-state index in [1.54, 1.807) is 18.2 Å². The molecule has 0 amide bonds. The lowest BCUT2D eigenvalue weighted by Crippen LogP contribution is -2.25. The van der Waals surface area contributed by atoms with Crippen molar-refractivity contribution in [1.82, 2.24) is 4.90 Å². The van der Waals surface area contributed by atoms with Gasteiger partial charge in [0.25, 0.3) is 0 Å². The van der Waals surface area contributed by atoms with E-state index in [4.69, 9.17) is 16.3 Å². The highest BCUT2D eigenvalue weighted by Gasteiger charge is 2.10. The van der Waals surface area contributed by atoms with Gasteiger partial charge in [0.1, 0.15) is 5.75 Å². The van der Waals surface area contributed by atoms with Crippen LogP contribution in [0.4, 0.5) is 0 Å². The van der Waals surface area contributed by atoms with Crippen LogP contribution in [0.1, 0.15) is 37.6 Å². The fourth-order valence-corrected chi connectivity index (χ4v) is 2.13. The van der Waals surface area contributed by atoms with Crippen LogP contribution in [0.5, 0.6) is 5.75 Å². The topological polar surface area (TPSA) is 29.5 Å². The van der Waals surface area contributed by atoms with Crippen LogP contribution >= 0.6 is 11.6 Å². The van der Waals surface area contributed by atoms with E-state index in [0.717, 1.165) is 19.6 Å². The van der Waals surface area contributed by atoms with E-state index in [1.807, 2.05) is 6.92 Å². The van der Waals surface area contributed by atoms with E-state index in [2.05, 4.69) is 18.7 Å². The van der Waals surface area contributed by atoms with E-state index < -0.39 is 0 Å². The third kappa shape index (κ3) is 4.84. The Hall–Kier alpha value is -1.06. The average Bonchev–Trinajstić information content (AvgIpc) is 2.42. The van der Waals surface area contributed by atoms with Gasteiger partial charge in [0, 0.05) is 18.5 Å². The molecule has 0 aliphatic carbocycles. The predicted octanol–water partition coefficient (Wildman–Crippen LogP) is 3.65. The SMILES string of the molecule is CCOc1ccc(C(=O)CCN(CC)CC)cc1Cl. The van der Waals surface area contributed by atoms with Gasteiger partial charge >= 0.3 is 0 Å². The van der Waals surface area contributed by atoms with Crippen molar-refractivity contribution in [3.63, 3.8) is 0 Å². The summed E-state index contributed by atoms with van der Waals surface area (Å²) in [5, 5.41) is 0.496. The first-order chi connectivity index (χ1) is 9.12. The molecule has 0 fully saturated rings. The number of hydrogen-bond donors (Lipinski definition) is 0. The zero-order valence-electron chi connectivity index (χ0n) is 11.9. The molecule has 0 saturated heterocycles. The minimum Gasteiger partial charge on any atom is -0.492 e. The largest absolute Gasteiger partial charge is 0.492 e. The van der Waals surface area contributed by atoms with Crippen LogP contribution in [0.3, 0.4) is 0 Å². The Morgan fingerprint density at radius 1 is 1.26 bits per heavy atom. The quantitative estimate of drug-likeness (QED) is 0.682. The normalized spacial score (nSPS) is 10.8. The number of nitrogens with zero attached hydrogens (tertiary/aromatic N) is 1. The van der Waals surface area contributed by atoms with Crippen molar-refractivity contribution >= 4 is 17.4 Å². The summed E-state index contributed by atoms with van der Waals surface area (Å²) >= 11 is 6.08. The second-order valence-electron chi connectivity index (χ2n) is 4.28. The first-order valence-corrected chi connectivity index (χ1v) is 7.18. The van der Waals surface area contributed by atoms with Gasteiger partial charge in [0.15, 0.2) is 5.78 Å². The average molecular weight is 284 g/mol. The number of ether oxygens (including phenoxy) is 1. The fourth-order valence-electron chi connectivity index (χ4n) is 1.89. The van der Waals surface area contributed by atoms with Gasteiger partial charge in [0.05, 0.1) is 11.6 Å². The Morgan fingerprint density at radius 3 is 2.47 bits per heavy atom. The second-order valence-corrected chi connectivity index (χ2v) is 4.69. The minimum absolute atomic E-state index is 0.122. The van der Waals surface area contributed by atoms with Gasteiger partial charge in [-0.25, -0.2) is 0 Å². The highest BCUT2D eigenvalue weighted by molar-refractivity contribution is 6.32. The number of carbonyl (C=O) groups excluding carboxylic acids is 1. The van der Waals surface area contributed by atoms with E-state index in [1.165, 1.54) is 0 Å². The molecule has 106 valence electrons. The first kappa shape index (κ1) is 16.0. The number of halogens is 1. The van der Waals surface area contributed by atoms with Crippen LogP contribution in [-0.2, 0) is 0 Å². The molecule has 0 unspecified atom stereocenters. The lowest BCUT2D eigenvalue weighted by molar-refractivity contribution is 0.0966. The van der Waals surface area contributed by atoms with Gasteiger partial charge in [-0.2, -0.15) is 0 Å². The lowest BCUT2D eigenvalue weighted by atomic mass is 10.1. The number of carbonyl (C=O) groups is 1. The number of hydrogen-bond acceptors (Lipinski definition) is 3. The monoisotopic (exact) mass is 283 g/mol. The van der Waals surface area contributed by atoms with Gasteiger partial charge in [-0.3, -0.25) is 4.79 Å². The Balaban J connectivity index is 2.64. The van der Waals surface area contributed by atoms with E-state index in [-0.39, 0.29) is 5.78 Å². The Bertz CT molecular complexity index is 417. The molecule has 0 saturated carbocycles. The van der Waals surface area contributed by atoms with Crippen molar-refractivity contribution in [3.05, 3.63) is 28.8 Å². The van der Waals surface area contributed by atoms with Crippen LogP contribution in [0, 0.1) is 0 Å². The molecule has 3 nitrogen and oxygen atoms in total. The second kappa shape index (κ2) is 8.18. The van der Waals surface area contributed by atoms with Crippen molar-refractivity contribution in [2.24, 2.45) is 0 Å². The van der Waals surface area contributed by atoms with Crippen LogP contribution in [0.2, 0.25) is 5.02 Å². The van der Waals surface area contributed by atoms with Crippen LogP contribution in [0.25, 0.3) is 0 Å². The van der Waals surface area contributed by atoms with Crippen LogP contribution < -0.4 is 4.74 Å². The molecule has 19 heavy (non-hydrogen) atoms. The Morgan fingerprint density at radius 2 is 1.95 bits per heavy atom. The van der Waals surface area contributed by atoms with Crippen molar-refractivity contribution < 1.29 is 9.53 Å². The van der Waals surface area contributed by atoms with E-state index >= 15 is 0 Å².